The van der Waals surface area contributed by atoms with Gasteiger partial charge in [0.2, 0.25) is 0 Å². The fraction of sp³-hybridized carbons (Fsp3) is 0. The van der Waals surface area contributed by atoms with Crippen LogP contribution in [0.2, 0.25) is 0 Å². The van der Waals surface area contributed by atoms with E-state index in [0.29, 0.717) is 0 Å². The molecule has 0 aliphatic heterocycles. The zero-order chi connectivity index (χ0) is 0. The van der Waals surface area contributed by atoms with E-state index < -0.39 is 0 Å². The van der Waals surface area contributed by atoms with Crippen LogP contribution in [0.4, 0.5) is 0 Å². The molecule has 0 aliphatic carbocycles. The summed E-state index contributed by atoms with van der Waals surface area (Å²) in [6.45, 7) is 0. The van der Waals surface area contributed by atoms with Gasteiger partial charge in [-0.2, -0.15) is 0 Å². The zero-order valence-electron chi connectivity index (χ0n) is 1.86. The first-order valence-electron chi connectivity index (χ1n) is 0. The van der Waals surface area contributed by atoms with Crippen LogP contribution in [0.1, 0.15) is 0 Å². The van der Waals surface area contributed by atoms with E-state index in [1.54, 1.807) is 0 Å². The van der Waals surface area contributed by atoms with Gasteiger partial charge in [0.05, 0.1) is 0 Å². The zero-order valence-corrected chi connectivity index (χ0v) is 9.51. The Balaban J connectivity index is 0. The van der Waals surface area contributed by atoms with Crippen LogP contribution < -0.4 is 0 Å². The van der Waals surface area contributed by atoms with E-state index in [-0.39, 0.29) is 76.0 Å². The topological polar surface area (TPSA) is 0 Å². The first-order valence-corrected chi connectivity index (χ1v) is 0. The second kappa shape index (κ2) is 18.1. The van der Waals surface area contributed by atoms with Gasteiger partial charge in [0.25, 0.3) is 0 Å². The summed E-state index contributed by atoms with van der Waals surface area (Å²) >= 11 is 0. The molecule has 29 valence electrons. The second-order valence-corrected chi connectivity index (χ2v) is 0. The first-order chi connectivity index (χ1) is 0. The van der Waals surface area contributed by atoms with Gasteiger partial charge in [-0.15, -0.1) is 0 Å². The van der Waals surface area contributed by atoms with Gasteiger partial charge in [0.1, 0.15) is 0 Å². The molecule has 0 aromatic carbocycles. The molecule has 0 saturated heterocycles. The molecule has 0 fully saturated rings. The number of rotatable bonds is 0. The normalized spacial score (nSPS) is 0. The molecule has 0 saturated carbocycles. The molecule has 0 aliphatic rings. The summed E-state index contributed by atoms with van der Waals surface area (Å²) < 4.78 is 0. The molecule has 0 N–H and O–H groups in total. The quantitative estimate of drug-likeness (QED) is 0.508. The standard InChI is InChI=1S/Ag.Fe.H2Se.Zn/h;;1H2;. The Morgan fingerprint density at radius 2 is 1.00 bits per heavy atom. The third-order valence-electron chi connectivity index (χ3n) is 0. The Kier molecular flexibility index (Phi) is 147. The molecule has 1 radical (unpaired) electrons. The van der Waals surface area contributed by atoms with Crippen LogP contribution in [-0.4, -0.2) is 17.1 Å². The Morgan fingerprint density at radius 1 is 1.00 bits per heavy atom. The van der Waals surface area contributed by atoms with Gasteiger partial charge in [0, 0.05) is 58.9 Å². The summed E-state index contributed by atoms with van der Waals surface area (Å²) in [7, 11) is 0. The molecule has 4 heteroatoms. The summed E-state index contributed by atoms with van der Waals surface area (Å²) in [5.74, 6) is 0. The minimum absolute atomic E-state index is 0. The Bertz CT molecular complexity index is 8.00. The molecule has 0 heterocycles. The van der Waals surface area contributed by atoms with Crippen LogP contribution in [0.3, 0.4) is 0 Å². The van der Waals surface area contributed by atoms with Crippen LogP contribution in [-0.2, 0) is 58.9 Å². The summed E-state index contributed by atoms with van der Waals surface area (Å²) in [5, 5.41) is 0. The van der Waals surface area contributed by atoms with Gasteiger partial charge in [0.15, 0.2) is 0 Å². The minimum atomic E-state index is 0. The number of hydrogen-bond acceptors (Lipinski definition) is 0. The third-order valence-corrected chi connectivity index (χ3v) is 0. The summed E-state index contributed by atoms with van der Waals surface area (Å²) in [5.41, 5.74) is 0. The maximum Gasteiger partial charge on any atom is 0 e. The number of hydrogen-bond donors (Lipinski definition) is 0. The monoisotopic (exact) mass is 309 g/mol. The molecule has 0 spiro atoms. The largest absolute Gasteiger partial charge is 0 e. The smallest absolute Gasteiger partial charge is 0 e. The van der Waals surface area contributed by atoms with Crippen molar-refractivity contribution in [2.24, 2.45) is 0 Å². The van der Waals surface area contributed by atoms with Crippen LogP contribution >= 0.6 is 0 Å². The Labute approximate surface area is 75.1 Å². The Hall–Kier alpha value is 2.40. The van der Waals surface area contributed by atoms with Gasteiger partial charge < -0.3 is 0 Å². The molecule has 0 rings (SSSR count). The molecule has 0 nitrogen and oxygen atoms in total. The van der Waals surface area contributed by atoms with Crippen LogP contribution in [0, 0.1) is 0 Å². The third kappa shape index (κ3) is 8.83. The van der Waals surface area contributed by atoms with Crippen molar-refractivity contribution in [2.45, 2.75) is 0 Å². The van der Waals surface area contributed by atoms with Crippen LogP contribution in [0.15, 0.2) is 0 Å². The van der Waals surface area contributed by atoms with Crippen molar-refractivity contribution in [2.75, 3.05) is 0 Å². The van der Waals surface area contributed by atoms with Gasteiger partial charge in [-0.25, -0.2) is 0 Å². The fourth-order valence-corrected chi connectivity index (χ4v) is 0. The van der Waals surface area contributed by atoms with E-state index >= 15 is 0 Å². The molecular weight excluding hydrogens is 308 g/mol. The predicted octanol–water partition coefficient (Wildman–Crippen LogP) is -0.924. The van der Waals surface area contributed by atoms with Gasteiger partial charge in [-0.1, -0.05) is 0 Å². The van der Waals surface area contributed by atoms with E-state index in [2.05, 4.69) is 0 Å². The van der Waals surface area contributed by atoms with E-state index in [1.165, 1.54) is 0 Å². The van der Waals surface area contributed by atoms with Crippen molar-refractivity contribution in [3.05, 3.63) is 0 Å². The van der Waals surface area contributed by atoms with Crippen LogP contribution in [0.25, 0.3) is 0 Å². The van der Waals surface area contributed by atoms with Crippen molar-refractivity contribution in [1.29, 1.82) is 0 Å². The van der Waals surface area contributed by atoms with Crippen molar-refractivity contribution in [1.82, 2.24) is 0 Å². The molecule has 0 amide bonds. The average Bonchev–Trinajstić information content (AvgIpc) is 0. The maximum absolute atomic E-state index is 0. The molecule has 0 bridgehead atoms. The summed E-state index contributed by atoms with van der Waals surface area (Å²) in [6.07, 6.45) is 0. The molecule has 4 heavy (non-hydrogen) atoms. The van der Waals surface area contributed by atoms with Crippen molar-refractivity contribution in [3.63, 3.8) is 0 Å². The van der Waals surface area contributed by atoms with Gasteiger partial charge >= 0.3 is 17.1 Å². The predicted molar refractivity (Wildman–Crippen MR) is 8.54 cm³/mol. The van der Waals surface area contributed by atoms with Crippen LogP contribution in [0.5, 0.6) is 0 Å². The first kappa shape index (κ1) is 32.4. The van der Waals surface area contributed by atoms with Crippen molar-refractivity contribution >= 4 is 17.1 Å². The second-order valence-electron chi connectivity index (χ2n) is 0. The van der Waals surface area contributed by atoms with Gasteiger partial charge in [-0.05, 0) is 0 Å². The molecular formula is H2AgFeSeZn. The average molecular weight is 310 g/mol. The Morgan fingerprint density at radius 3 is 1.00 bits per heavy atom. The van der Waals surface area contributed by atoms with E-state index in [0.717, 1.165) is 0 Å². The van der Waals surface area contributed by atoms with E-state index in [4.69, 9.17) is 0 Å². The summed E-state index contributed by atoms with van der Waals surface area (Å²) in [4.78, 5) is 0. The van der Waals surface area contributed by atoms with Crippen molar-refractivity contribution < 1.29 is 58.9 Å². The SMILES string of the molecule is [Ag].[Fe].[SeH2].[Zn]. The molecule has 0 aromatic heterocycles. The maximum atomic E-state index is 0. The van der Waals surface area contributed by atoms with Gasteiger partial charge in [-0.3, -0.25) is 0 Å². The molecule has 0 aromatic rings. The van der Waals surface area contributed by atoms with E-state index in [1.807, 2.05) is 0 Å². The van der Waals surface area contributed by atoms with E-state index in [9.17, 15) is 0 Å². The minimum Gasteiger partial charge on any atom is 0 e. The van der Waals surface area contributed by atoms with Crippen molar-refractivity contribution in [3.8, 4) is 0 Å². The molecule has 0 atom stereocenters. The fourth-order valence-electron chi connectivity index (χ4n) is 0. The molecule has 0 unspecified atom stereocenters. The summed E-state index contributed by atoms with van der Waals surface area (Å²) in [6, 6.07) is 0.